The van der Waals surface area contributed by atoms with E-state index in [4.69, 9.17) is 28.4 Å². The number of hydrogen-bond donors (Lipinski definition) is 0. The summed E-state index contributed by atoms with van der Waals surface area (Å²) < 4.78 is 33.8. The zero-order chi connectivity index (χ0) is 23.9. The lowest BCUT2D eigenvalue weighted by Crippen LogP contribution is -2.53. The summed E-state index contributed by atoms with van der Waals surface area (Å²) in [6.07, 6.45) is 0. The summed E-state index contributed by atoms with van der Waals surface area (Å²) in [6, 6.07) is 17.2. The van der Waals surface area contributed by atoms with Gasteiger partial charge in [0.05, 0.1) is 72.7 Å². The Balaban J connectivity index is 1.83. The van der Waals surface area contributed by atoms with Crippen molar-refractivity contribution in [1.82, 2.24) is 0 Å². The van der Waals surface area contributed by atoms with Crippen molar-refractivity contribution in [2.45, 2.75) is 5.60 Å². The third kappa shape index (κ3) is 7.80. The highest BCUT2D eigenvalue weighted by Crippen LogP contribution is 2.25. The third-order valence-corrected chi connectivity index (χ3v) is 5.18. The van der Waals surface area contributed by atoms with Crippen molar-refractivity contribution in [3.8, 4) is 0 Å². The van der Waals surface area contributed by atoms with Crippen molar-refractivity contribution in [1.29, 1.82) is 0 Å². The molecular formula is C26H32O8. The highest BCUT2D eigenvalue weighted by molar-refractivity contribution is 6.22. The fraction of sp³-hybridized carbons (Fsp3) is 0.462. The molecule has 1 saturated heterocycles. The SMILES string of the molecule is O=C(c1ccccc1)C1(C(=O)c2ccccc2)COCCOCCOCCOCCOCCO1. The van der Waals surface area contributed by atoms with E-state index >= 15 is 0 Å². The molecule has 184 valence electrons. The first-order valence-corrected chi connectivity index (χ1v) is 11.5. The lowest BCUT2D eigenvalue weighted by atomic mass is 9.85. The number of hydrogen-bond acceptors (Lipinski definition) is 8. The molecule has 1 heterocycles. The summed E-state index contributed by atoms with van der Waals surface area (Å²) in [6.45, 7) is 2.98. The van der Waals surface area contributed by atoms with Crippen LogP contribution < -0.4 is 0 Å². The van der Waals surface area contributed by atoms with E-state index < -0.39 is 17.2 Å². The first kappa shape index (κ1) is 26.2. The maximum absolute atomic E-state index is 13.7. The minimum atomic E-state index is -1.86. The van der Waals surface area contributed by atoms with Crippen LogP contribution in [0, 0.1) is 0 Å². The molecule has 8 heteroatoms. The smallest absolute Gasteiger partial charge is 0.217 e. The van der Waals surface area contributed by atoms with Gasteiger partial charge in [-0.3, -0.25) is 9.59 Å². The summed E-state index contributed by atoms with van der Waals surface area (Å²) in [5.41, 5.74) is -1.14. The molecule has 2 aromatic carbocycles. The normalized spacial score (nSPS) is 19.4. The summed E-state index contributed by atoms with van der Waals surface area (Å²) in [5.74, 6) is -0.928. The molecule has 8 nitrogen and oxygen atoms in total. The van der Waals surface area contributed by atoms with E-state index in [9.17, 15) is 9.59 Å². The highest BCUT2D eigenvalue weighted by Gasteiger charge is 2.48. The quantitative estimate of drug-likeness (QED) is 0.496. The number of carbonyl (C=O) groups excluding carboxylic acids is 2. The molecule has 0 radical (unpaired) electrons. The van der Waals surface area contributed by atoms with Crippen LogP contribution in [0.1, 0.15) is 20.7 Å². The summed E-state index contributed by atoms with van der Waals surface area (Å²) in [5, 5.41) is 0. The van der Waals surface area contributed by atoms with Gasteiger partial charge >= 0.3 is 0 Å². The monoisotopic (exact) mass is 472 g/mol. The molecule has 34 heavy (non-hydrogen) atoms. The Morgan fingerprint density at radius 3 is 1.26 bits per heavy atom. The van der Waals surface area contributed by atoms with Crippen molar-refractivity contribution in [3.05, 3.63) is 71.8 Å². The van der Waals surface area contributed by atoms with Gasteiger partial charge in [-0.15, -0.1) is 0 Å². The Labute approximate surface area is 200 Å². The van der Waals surface area contributed by atoms with Gasteiger partial charge in [0.2, 0.25) is 17.2 Å². The van der Waals surface area contributed by atoms with Crippen LogP contribution in [-0.4, -0.2) is 89.8 Å². The van der Waals surface area contributed by atoms with Crippen LogP contribution >= 0.6 is 0 Å². The van der Waals surface area contributed by atoms with Crippen LogP contribution in [0.3, 0.4) is 0 Å². The van der Waals surface area contributed by atoms with Crippen LogP contribution in [-0.2, 0) is 28.4 Å². The van der Waals surface area contributed by atoms with Crippen molar-refractivity contribution < 1.29 is 38.0 Å². The molecule has 0 spiro atoms. The van der Waals surface area contributed by atoms with E-state index in [1.165, 1.54) is 0 Å². The van der Waals surface area contributed by atoms with Gasteiger partial charge in [-0.25, -0.2) is 0 Å². The molecule has 3 rings (SSSR count). The Morgan fingerprint density at radius 1 is 0.500 bits per heavy atom. The maximum Gasteiger partial charge on any atom is 0.217 e. The van der Waals surface area contributed by atoms with E-state index in [1.807, 2.05) is 0 Å². The zero-order valence-electron chi connectivity index (χ0n) is 19.3. The number of benzene rings is 2. The van der Waals surface area contributed by atoms with Crippen LogP contribution in [0.5, 0.6) is 0 Å². The van der Waals surface area contributed by atoms with Gasteiger partial charge in [-0.05, 0) is 0 Å². The average Bonchev–Trinajstić information content (AvgIpc) is 2.89. The summed E-state index contributed by atoms with van der Waals surface area (Å²) >= 11 is 0. The molecule has 0 amide bonds. The molecular weight excluding hydrogens is 440 g/mol. The molecule has 2 aromatic rings. The average molecular weight is 473 g/mol. The van der Waals surface area contributed by atoms with Crippen LogP contribution in [0.15, 0.2) is 60.7 Å². The van der Waals surface area contributed by atoms with E-state index in [0.717, 1.165) is 0 Å². The summed E-state index contributed by atoms with van der Waals surface area (Å²) in [4.78, 5) is 27.5. The summed E-state index contributed by atoms with van der Waals surface area (Å²) in [7, 11) is 0. The van der Waals surface area contributed by atoms with Gasteiger partial charge in [0.15, 0.2) is 0 Å². The number of Topliss-reactive ketones (excluding diaryl/α,β-unsaturated/α-hetero) is 2. The first-order chi connectivity index (χ1) is 16.7. The van der Waals surface area contributed by atoms with Gasteiger partial charge in [0.25, 0.3) is 0 Å². The lowest BCUT2D eigenvalue weighted by Gasteiger charge is -2.31. The third-order valence-electron chi connectivity index (χ3n) is 5.18. The van der Waals surface area contributed by atoms with Crippen LogP contribution in [0.4, 0.5) is 0 Å². The molecule has 0 unspecified atom stereocenters. The molecule has 0 aliphatic carbocycles. The predicted octanol–water partition coefficient (Wildman–Crippen LogP) is 2.60. The van der Waals surface area contributed by atoms with Crippen molar-refractivity contribution in [2.75, 3.05) is 72.7 Å². The Hall–Kier alpha value is -2.46. The van der Waals surface area contributed by atoms with Gasteiger partial charge < -0.3 is 28.4 Å². The predicted molar refractivity (Wildman–Crippen MR) is 124 cm³/mol. The number of ether oxygens (including phenoxy) is 6. The molecule has 1 aliphatic heterocycles. The Bertz CT molecular complexity index is 784. The molecule has 0 N–H and O–H groups in total. The fourth-order valence-electron chi connectivity index (χ4n) is 3.42. The topological polar surface area (TPSA) is 89.5 Å². The highest BCUT2D eigenvalue weighted by atomic mass is 16.6. The van der Waals surface area contributed by atoms with Crippen LogP contribution in [0.2, 0.25) is 0 Å². The molecule has 0 aromatic heterocycles. The van der Waals surface area contributed by atoms with Crippen molar-refractivity contribution in [2.24, 2.45) is 0 Å². The molecule has 0 saturated carbocycles. The number of rotatable bonds is 4. The second-order valence-corrected chi connectivity index (χ2v) is 7.57. The standard InChI is InChI=1S/C26H32O8/c27-24(22-7-3-1-4-8-22)26(25(28)23-9-5-2-6-10-23)21-33-18-17-31-14-13-29-11-12-30-15-16-32-19-20-34-26/h1-10H,11-21H2. The van der Waals surface area contributed by atoms with Crippen molar-refractivity contribution in [3.63, 3.8) is 0 Å². The number of carbonyl (C=O) groups is 2. The van der Waals surface area contributed by atoms with Gasteiger partial charge in [-0.1, -0.05) is 60.7 Å². The largest absolute Gasteiger partial charge is 0.377 e. The molecule has 1 fully saturated rings. The van der Waals surface area contributed by atoms with E-state index in [2.05, 4.69) is 0 Å². The van der Waals surface area contributed by atoms with Crippen LogP contribution in [0.25, 0.3) is 0 Å². The fourth-order valence-corrected chi connectivity index (χ4v) is 3.42. The van der Waals surface area contributed by atoms with E-state index in [1.54, 1.807) is 60.7 Å². The van der Waals surface area contributed by atoms with E-state index in [0.29, 0.717) is 50.8 Å². The second-order valence-electron chi connectivity index (χ2n) is 7.57. The van der Waals surface area contributed by atoms with Gasteiger partial charge in [0, 0.05) is 11.1 Å². The first-order valence-electron chi connectivity index (χ1n) is 11.5. The number of ketones is 2. The van der Waals surface area contributed by atoms with Gasteiger partial charge in [0.1, 0.15) is 0 Å². The molecule has 0 atom stereocenters. The Kier molecular flexibility index (Phi) is 11.3. The lowest BCUT2D eigenvalue weighted by molar-refractivity contribution is -0.0811. The minimum absolute atomic E-state index is 0.0279. The zero-order valence-corrected chi connectivity index (χ0v) is 19.3. The van der Waals surface area contributed by atoms with E-state index in [-0.39, 0.29) is 33.0 Å². The maximum atomic E-state index is 13.7. The van der Waals surface area contributed by atoms with Crippen molar-refractivity contribution >= 4 is 11.6 Å². The second kappa shape index (κ2) is 14.7. The Morgan fingerprint density at radius 2 is 0.853 bits per heavy atom. The molecule has 0 bridgehead atoms. The minimum Gasteiger partial charge on any atom is -0.377 e. The van der Waals surface area contributed by atoms with Gasteiger partial charge in [-0.2, -0.15) is 0 Å². The molecule has 1 aliphatic rings.